The van der Waals surface area contributed by atoms with Crippen LogP contribution in [0.15, 0.2) is 60.7 Å². The summed E-state index contributed by atoms with van der Waals surface area (Å²) in [5.74, 6) is 0.196. The van der Waals surface area contributed by atoms with Gasteiger partial charge in [-0.1, -0.05) is 63.2 Å². The van der Waals surface area contributed by atoms with Gasteiger partial charge >= 0.3 is 0 Å². The van der Waals surface area contributed by atoms with Gasteiger partial charge < -0.3 is 5.32 Å². The van der Waals surface area contributed by atoms with Gasteiger partial charge in [0, 0.05) is 11.5 Å². The summed E-state index contributed by atoms with van der Waals surface area (Å²) in [5.41, 5.74) is 2.66. The van der Waals surface area contributed by atoms with Crippen molar-refractivity contribution in [2.24, 2.45) is 0 Å². The number of carbonyl (C=O) groups is 1. The first-order chi connectivity index (χ1) is 12.8. The van der Waals surface area contributed by atoms with Crippen LogP contribution in [0, 0.1) is 5.82 Å². The number of rotatable bonds is 5. The molecule has 4 nitrogen and oxygen atoms in total. The summed E-state index contributed by atoms with van der Waals surface area (Å²) < 4.78 is 14.9. The maximum atomic E-state index is 13.0. The number of hydrogen-bond acceptors (Lipinski definition) is 2. The lowest BCUT2D eigenvalue weighted by molar-refractivity contribution is -0.115. The Hall–Kier alpha value is -2.95. The zero-order valence-corrected chi connectivity index (χ0v) is 15.9. The zero-order valence-electron chi connectivity index (χ0n) is 15.9. The van der Waals surface area contributed by atoms with Crippen molar-refractivity contribution in [1.82, 2.24) is 9.78 Å². The SMILES string of the molecule is CC(C)(C)c1cc(NC(=O)Cc2ccc(F)cc2)n(Cc2ccccc2)n1. The molecule has 140 valence electrons. The molecule has 0 atom stereocenters. The number of halogens is 1. The molecule has 0 saturated heterocycles. The monoisotopic (exact) mass is 365 g/mol. The van der Waals surface area contributed by atoms with Crippen molar-refractivity contribution in [2.45, 2.75) is 39.2 Å². The van der Waals surface area contributed by atoms with E-state index in [9.17, 15) is 9.18 Å². The highest BCUT2D eigenvalue weighted by molar-refractivity contribution is 5.91. The second kappa shape index (κ2) is 7.74. The van der Waals surface area contributed by atoms with E-state index in [1.165, 1.54) is 12.1 Å². The molecule has 0 aliphatic carbocycles. The number of anilines is 1. The van der Waals surface area contributed by atoms with Crippen LogP contribution < -0.4 is 5.32 Å². The van der Waals surface area contributed by atoms with Gasteiger partial charge in [0.25, 0.3) is 0 Å². The maximum Gasteiger partial charge on any atom is 0.229 e. The van der Waals surface area contributed by atoms with E-state index in [4.69, 9.17) is 5.10 Å². The van der Waals surface area contributed by atoms with Crippen LogP contribution in [0.5, 0.6) is 0 Å². The van der Waals surface area contributed by atoms with Crippen LogP contribution in [0.25, 0.3) is 0 Å². The lowest BCUT2D eigenvalue weighted by Gasteiger charge is -2.14. The first-order valence-electron chi connectivity index (χ1n) is 8.98. The number of hydrogen-bond donors (Lipinski definition) is 1. The summed E-state index contributed by atoms with van der Waals surface area (Å²) in [6.45, 7) is 6.84. The normalized spacial score (nSPS) is 11.4. The predicted molar refractivity (Wildman–Crippen MR) is 105 cm³/mol. The average molecular weight is 365 g/mol. The molecule has 0 saturated carbocycles. The fourth-order valence-corrected chi connectivity index (χ4v) is 2.74. The number of amides is 1. The van der Waals surface area contributed by atoms with E-state index in [2.05, 4.69) is 26.1 Å². The van der Waals surface area contributed by atoms with Gasteiger partial charge in [-0.2, -0.15) is 5.10 Å². The van der Waals surface area contributed by atoms with Gasteiger partial charge in [-0.25, -0.2) is 9.07 Å². The van der Waals surface area contributed by atoms with E-state index in [0.717, 1.165) is 16.8 Å². The molecule has 1 aromatic heterocycles. The maximum absolute atomic E-state index is 13.0. The summed E-state index contributed by atoms with van der Waals surface area (Å²) in [7, 11) is 0. The lowest BCUT2D eigenvalue weighted by atomic mass is 9.92. The van der Waals surface area contributed by atoms with Gasteiger partial charge in [0.1, 0.15) is 11.6 Å². The van der Waals surface area contributed by atoms with Crippen LogP contribution in [-0.4, -0.2) is 15.7 Å². The van der Waals surface area contributed by atoms with Crippen molar-refractivity contribution in [3.8, 4) is 0 Å². The van der Waals surface area contributed by atoms with Crippen LogP contribution in [-0.2, 0) is 23.2 Å². The smallest absolute Gasteiger partial charge is 0.229 e. The molecular formula is C22H24FN3O. The standard InChI is InChI=1S/C22H24FN3O/c1-22(2,3)19-14-20(26(25-19)15-17-7-5-4-6-8-17)24-21(27)13-16-9-11-18(23)12-10-16/h4-12,14H,13,15H2,1-3H3,(H,24,27). The molecule has 5 heteroatoms. The third-order valence-electron chi connectivity index (χ3n) is 4.27. The van der Waals surface area contributed by atoms with Crippen LogP contribution >= 0.6 is 0 Å². The van der Waals surface area contributed by atoms with E-state index in [0.29, 0.717) is 12.4 Å². The number of carbonyl (C=O) groups excluding carboxylic acids is 1. The van der Waals surface area contributed by atoms with Gasteiger partial charge in [0.2, 0.25) is 5.91 Å². The summed E-state index contributed by atoms with van der Waals surface area (Å²) in [6, 6.07) is 17.9. The Morgan fingerprint density at radius 2 is 1.70 bits per heavy atom. The van der Waals surface area contributed by atoms with E-state index >= 15 is 0 Å². The van der Waals surface area contributed by atoms with Crippen molar-refractivity contribution < 1.29 is 9.18 Å². The van der Waals surface area contributed by atoms with E-state index in [-0.39, 0.29) is 23.6 Å². The highest BCUT2D eigenvalue weighted by atomic mass is 19.1. The van der Waals surface area contributed by atoms with Gasteiger partial charge in [-0.3, -0.25) is 4.79 Å². The Bertz CT molecular complexity index is 909. The highest BCUT2D eigenvalue weighted by Gasteiger charge is 2.21. The quantitative estimate of drug-likeness (QED) is 0.721. The fraction of sp³-hybridized carbons (Fsp3) is 0.273. The van der Waals surface area contributed by atoms with Crippen molar-refractivity contribution >= 4 is 11.7 Å². The Morgan fingerprint density at radius 1 is 1.04 bits per heavy atom. The molecule has 0 radical (unpaired) electrons. The first-order valence-corrected chi connectivity index (χ1v) is 8.98. The van der Waals surface area contributed by atoms with Crippen molar-refractivity contribution in [3.05, 3.63) is 83.3 Å². The Kier molecular flexibility index (Phi) is 5.40. The summed E-state index contributed by atoms with van der Waals surface area (Å²) >= 11 is 0. The van der Waals surface area contributed by atoms with Crippen LogP contribution in [0.3, 0.4) is 0 Å². The average Bonchev–Trinajstić information content (AvgIpc) is 3.01. The second-order valence-electron chi connectivity index (χ2n) is 7.66. The second-order valence-corrected chi connectivity index (χ2v) is 7.66. The van der Waals surface area contributed by atoms with Crippen molar-refractivity contribution in [3.63, 3.8) is 0 Å². The third-order valence-corrected chi connectivity index (χ3v) is 4.27. The molecule has 0 aliphatic rings. The molecule has 1 heterocycles. The van der Waals surface area contributed by atoms with Gasteiger partial charge in [-0.15, -0.1) is 0 Å². The summed E-state index contributed by atoms with van der Waals surface area (Å²) in [5, 5.41) is 7.65. The number of nitrogens with zero attached hydrogens (tertiary/aromatic N) is 2. The molecule has 0 spiro atoms. The molecule has 1 N–H and O–H groups in total. The van der Waals surface area contributed by atoms with Crippen LogP contribution in [0.2, 0.25) is 0 Å². The van der Waals surface area contributed by atoms with Crippen LogP contribution in [0.1, 0.15) is 37.6 Å². The van der Waals surface area contributed by atoms with E-state index < -0.39 is 0 Å². The minimum Gasteiger partial charge on any atom is -0.311 e. The number of nitrogens with one attached hydrogen (secondary N) is 1. The Balaban J connectivity index is 1.80. The number of aromatic nitrogens is 2. The van der Waals surface area contributed by atoms with Gasteiger partial charge in [0.15, 0.2) is 0 Å². The lowest BCUT2D eigenvalue weighted by Crippen LogP contribution is -2.18. The van der Waals surface area contributed by atoms with E-state index in [1.807, 2.05) is 41.1 Å². The highest BCUT2D eigenvalue weighted by Crippen LogP contribution is 2.25. The first kappa shape index (κ1) is 18.8. The minimum absolute atomic E-state index is 0.127. The molecule has 0 bridgehead atoms. The summed E-state index contributed by atoms with van der Waals surface area (Å²) in [6.07, 6.45) is 0.182. The van der Waals surface area contributed by atoms with Gasteiger partial charge in [0.05, 0.1) is 18.7 Å². The molecule has 0 unspecified atom stereocenters. The molecule has 2 aromatic carbocycles. The topological polar surface area (TPSA) is 46.9 Å². The van der Waals surface area contributed by atoms with Crippen molar-refractivity contribution in [1.29, 1.82) is 0 Å². The molecule has 27 heavy (non-hydrogen) atoms. The molecular weight excluding hydrogens is 341 g/mol. The molecule has 1 amide bonds. The van der Waals surface area contributed by atoms with E-state index in [1.54, 1.807) is 12.1 Å². The summed E-state index contributed by atoms with van der Waals surface area (Å²) in [4.78, 5) is 12.5. The predicted octanol–water partition coefficient (Wildman–Crippen LogP) is 4.55. The molecule has 0 aliphatic heterocycles. The van der Waals surface area contributed by atoms with Gasteiger partial charge in [-0.05, 0) is 23.3 Å². The molecule has 0 fully saturated rings. The Labute approximate surface area is 159 Å². The largest absolute Gasteiger partial charge is 0.311 e. The number of benzene rings is 2. The Morgan fingerprint density at radius 3 is 2.33 bits per heavy atom. The molecule has 3 aromatic rings. The fourth-order valence-electron chi connectivity index (χ4n) is 2.74. The molecule has 3 rings (SSSR count). The zero-order chi connectivity index (χ0) is 19.4. The van der Waals surface area contributed by atoms with Crippen LogP contribution in [0.4, 0.5) is 10.2 Å². The minimum atomic E-state index is -0.310. The third kappa shape index (κ3) is 5.03. The van der Waals surface area contributed by atoms with Crippen molar-refractivity contribution in [2.75, 3.05) is 5.32 Å².